The first-order valence-corrected chi connectivity index (χ1v) is 10.8. The molecule has 1 aliphatic heterocycles. The van der Waals surface area contributed by atoms with E-state index in [2.05, 4.69) is 47.4 Å². The first kappa shape index (κ1) is 20.6. The molecule has 1 fully saturated rings. The summed E-state index contributed by atoms with van der Waals surface area (Å²) >= 11 is 6.37. The van der Waals surface area contributed by atoms with Crippen LogP contribution in [0.5, 0.6) is 0 Å². The summed E-state index contributed by atoms with van der Waals surface area (Å²) in [5.74, 6) is 0.141. The van der Waals surface area contributed by atoms with Crippen molar-refractivity contribution in [3.05, 3.63) is 94.0 Å². The lowest BCUT2D eigenvalue weighted by Crippen LogP contribution is -2.48. The first-order chi connectivity index (χ1) is 14.5. The first-order valence-electron chi connectivity index (χ1n) is 10.4. The number of carbonyl (C=O) groups excluding carboxylic acids is 1. The maximum absolute atomic E-state index is 12.9. The quantitative estimate of drug-likeness (QED) is 0.552. The third-order valence-electron chi connectivity index (χ3n) is 5.93. The smallest absolute Gasteiger partial charge is 0.254 e. The summed E-state index contributed by atoms with van der Waals surface area (Å²) in [4.78, 5) is 17.3. The molecule has 0 bridgehead atoms. The van der Waals surface area contributed by atoms with Crippen LogP contribution < -0.4 is 0 Å². The van der Waals surface area contributed by atoms with Gasteiger partial charge < -0.3 is 4.90 Å². The number of hydrogen-bond acceptors (Lipinski definition) is 2. The fourth-order valence-corrected chi connectivity index (χ4v) is 4.21. The Kier molecular flexibility index (Phi) is 6.21. The van der Waals surface area contributed by atoms with E-state index < -0.39 is 0 Å². The molecule has 1 aliphatic rings. The third kappa shape index (κ3) is 4.43. The maximum Gasteiger partial charge on any atom is 0.254 e. The summed E-state index contributed by atoms with van der Waals surface area (Å²) in [7, 11) is 0. The molecule has 0 spiro atoms. The zero-order chi connectivity index (χ0) is 21.1. The van der Waals surface area contributed by atoms with Gasteiger partial charge in [0.05, 0.1) is 0 Å². The second-order valence-electron chi connectivity index (χ2n) is 8.00. The van der Waals surface area contributed by atoms with Crippen molar-refractivity contribution in [1.29, 1.82) is 0 Å². The Morgan fingerprint density at radius 2 is 1.57 bits per heavy atom. The zero-order valence-electron chi connectivity index (χ0n) is 17.6. The Bertz CT molecular complexity index is 1050. The van der Waals surface area contributed by atoms with Gasteiger partial charge in [-0.15, -0.1) is 0 Å². The van der Waals surface area contributed by atoms with Crippen molar-refractivity contribution in [3.63, 3.8) is 0 Å². The molecule has 1 amide bonds. The average molecular weight is 419 g/mol. The van der Waals surface area contributed by atoms with E-state index >= 15 is 0 Å². The van der Waals surface area contributed by atoms with E-state index in [0.717, 1.165) is 60.0 Å². The summed E-state index contributed by atoms with van der Waals surface area (Å²) in [6.07, 6.45) is 0. The van der Waals surface area contributed by atoms with Crippen molar-refractivity contribution in [2.45, 2.75) is 20.4 Å². The van der Waals surface area contributed by atoms with Crippen LogP contribution in [0.25, 0.3) is 11.1 Å². The Hall–Kier alpha value is -2.62. The van der Waals surface area contributed by atoms with Gasteiger partial charge in [0.2, 0.25) is 0 Å². The second-order valence-corrected chi connectivity index (χ2v) is 8.41. The van der Waals surface area contributed by atoms with E-state index in [-0.39, 0.29) is 5.91 Å². The predicted molar refractivity (Wildman–Crippen MR) is 124 cm³/mol. The molecule has 30 heavy (non-hydrogen) atoms. The standard InChI is InChI=1S/C26H27ClN2O/c1-19-7-3-5-9-23(19)26(30)29-15-13-28(14-16-29)18-22-8-4-6-10-24(22)21-12-11-20(2)25(27)17-21/h3-12,17H,13-16,18H2,1-2H3. The van der Waals surface area contributed by atoms with Crippen molar-refractivity contribution in [2.75, 3.05) is 26.2 Å². The van der Waals surface area contributed by atoms with Gasteiger partial charge >= 0.3 is 0 Å². The molecule has 0 aromatic heterocycles. The average Bonchev–Trinajstić information content (AvgIpc) is 2.76. The SMILES string of the molecule is Cc1ccc(-c2ccccc2CN2CCN(C(=O)c3ccccc3C)CC2)cc1Cl. The van der Waals surface area contributed by atoms with Gasteiger partial charge in [0.25, 0.3) is 5.91 Å². The molecular weight excluding hydrogens is 392 g/mol. The summed E-state index contributed by atoms with van der Waals surface area (Å²) in [6, 6.07) is 22.6. The van der Waals surface area contributed by atoms with Crippen LogP contribution in [0.2, 0.25) is 5.02 Å². The maximum atomic E-state index is 12.9. The summed E-state index contributed by atoms with van der Waals surface area (Å²) < 4.78 is 0. The molecule has 0 unspecified atom stereocenters. The topological polar surface area (TPSA) is 23.6 Å². The largest absolute Gasteiger partial charge is 0.336 e. The van der Waals surface area contributed by atoms with Gasteiger partial charge in [-0.2, -0.15) is 0 Å². The number of halogens is 1. The molecule has 1 heterocycles. The number of hydrogen-bond donors (Lipinski definition) is 0. The Morgan fingerprint density at radius 1 is 0.867 bits per heavy atom. The third-order valence-corrected chi connectivity index (χ3v) is 6.34. The highest BCUT2D eigenvalue weighted by Crippen LogP contribution is 2.29. The van der Waals surface area contributed by atoms with Crippen LogP contribution >= 0.6 is 11.6 Å². The molecule has 4 heteroatoms. The van der Waals surface area contributed by atoms with Crippen molar-refractivity contribution in [3.8, 4) is 11.1 Å². The monoisotopic (exact) mass is 418 g/mol. The van der Waals surface area contributed by atoms with Crippen LogP contribution in [0.1, 0.15) is 27.0 Å². The van der Waals surface area contributed by atoms with Crippen molar-refractivity contribution >= 4 is 17.5 Å². The number of amides is 1. The molecule has 3 aromatic rings. The van der Waals surface area contributed by atoms with E-state index in [4.69, 9.17) is 11.6 Å². The van der Waals surface area contributed by atoms with Crippen LogP contribution in [0.4, 0.5) is 0 Å². The van der Waals surface area contributed by atoms with Gasteiger partial charge in [0, 0.05) is 43.3 Å². The Morgan fingerprint density at radius 3 is 2.30 bits per heavy atom. The fraction of sp³-hybridized carbons (Fsp3) is 0.269. The van der Waals surface area contributed by atoms with Crippen molar-refractivity contribution < 1.29 is 4.79 Å². The predicted octanol–water partition coefficient (Wildman–Crippen LogP) is 5.58. The van der Waals surface area contributed by atoms with E-state index in [1.165, 1.54) is 11.1 Å². The zero-order valence-corrected chi connectivity index (χ0v) is 18.3. The Labute approximate surface area is 183 Å². The highest BCUT2D eigenvalue weighted by molar-refractivity contribution is 6.31. The van der Waals surface area contributed by atoms with Gasteiger partial charge in [-0.1, -0.05) is 66.2 Å². The van der Waals surface area contributed by atoms with Crippen LogP contribution in [0.15, 0.2) is 66.7 Å². The van der Waals surface area contributed by atoms with Crippen LogP contribution in [-0.4, -0.2) is 41.9 Å². The van der Waals surface area contributed by atoms with E-state index in [9.17, 15) is 4.79 Å². The summed E-state index contributed by atoms with van der Waals surface area (Å²) in [5.41, 5.74) is 6.60. The fourth-order valence-electron chi connectivity index (χ4n) is 4.03. The van der Waals surface area contributed by atoms with Crippen LogP contribution in [0.3, 0.4) is 0 Å². The van der Waals surface area contributed by atoms with E-state index in [1.807, 2.05) is 43.0 Å². The van der Waals surface area contributed by atoms with Gasteiger partial charge in [0.15, 0.2) is 0 Å². The minimum atomic E-state index is 0.141. The lowest BCUT2D eigenvalue weighted by Gasteiger charge is -2.35. The number of aryl methyl sites for hydroxylation is 2. The van der Waals surface area contributed by atoms with Crippen LogP contribution in [0, 0.1) is 13.8 Å². The summed E-state index contributed by atoms with van der Waals surface area (Å²) in [5, 5.41) is 0.797. The molecule has 0 aliphatic carbocycles. The molecule has 0 saturated carbocycles. The lowest BCUT2D eigenvalue weighted by atomic mass is 9.98. The van der Waals surface area contributed by atoms with Gasteiger partial charge in [-0.25, -0.2) is 0 Å². The number of nitrogens with zero attached hydrogens (tertiary/aromatic N) is 2. The second kappa shape index (κ2) is 9.03. The highest BCUT2D eigenvalue weighted by Gasteiger charge is 2.23. The van der Waals surface area contributed by atoms with E-state index in [1.54, 1.807) is 0 Å². The van der Waals surface area contributed by atoms with E-state index in [0.29, 0.717) is 0 Å². The minimum Gasteiger partial charge on any atom is -0.336 e. The van der Waals surface area contributed by atoms with Crippen molar-refractivity contribution in [2.24, 2.45) is 0 Å². The molecule has 0 atom stereocenters. The molecule has 154 valence electrons. The molecule has 0 N–H and O–H groups in total. The number of rotatable bonds is 4. The normalized spacial score (nSPS) is 14.7. The molecule has 1 saturated heterocycles. The molecule has 0 radical (unpaired) electrons. The van der Waals surface area contributed by atoms with Crippen LogP contribution in [-0.2, 0) is 6.54 Å². The van der Waals surface area contributed by atoms with Gasteiger partial charge in [-0.05, 0) is 53.8 Å². The number of piperazine rings is 1. The molecule has 3 aromatic carbocycles. The van der Waals surface area contributed by atoms with Crippen molar-refractivity contribution in [1.82, 2.24) is 9.80 Å². The highest BCUT2D eigenvalue weighted by atomic mass is 35.5. The molecule has 3 nitrogen and oxygen atoms in total. The van der Waals surface area contributed by atoms with Gasteiger partial charge in [0.1, 0.15) is 0 Å². The lowest BCUT2D eigenvalue weighted by molar-refractivity contribution is 0.0628. The summed E-state index contributed by atoms with van der Waals surface area (Å²) in [6.45, 7) is 8.15. The minimum absolute atomic E-state index is 0.141. The van der Waals surface area contributed by atoms with Gasteiger partial charge in [-0.3, -0.25) is 9.69 Å². The Balaban J connectivity index is 1.44. The number of benzene rings is 3. The molecule has 4 rings (SSSR count). The number of carbonyl (C=O) groups is 1. The molecular formula is C26H27ClN2O.